The molecule has 11 nitrogen and oxygen atoms in total. The molecule has 2 N–H and O–H groups in total. The Morgan fingerprint density at radius 2 is 1.78 bits per heavy atom. The first-order chi connectivity index (χ1) is 21.9. The van der Waals surface area contributed by atoms with Crippen molar-refractivity contribution in [3.63, 3.8) is 0 Å². The minimum absolute atomic E-state index is 0.0210. The molecule has 0 bridgehead atoms. The Morgan fingerprint density at radius 1 is 1.04 bits per heavy atom. The monoisotopic (exact) mass is 667 g/mol. The van der Waals surface area contributed by atoms with Gasteiger partial charge in [0.1, 0.15) is 40.2 Å². The Labute approximate surface area is 270 Å². The molecule has 2 aromatic heterocycles. The van der Waals surface area contributed by atoms with E-state index in [4.69, 9.17) is 20.8 Å². The number of likely N-dealkylation sites (tertiary alicyclic amines) is 1. The van der Waals surface area contributed by atoms with E-state index in [9.17, 15) is 28.2 Å². The van der Waals surface area contributed by atoms with Crippen LogP contribution in [0.1, 0.15) is 30.7 Å². The number of carbonyl (C=O) groups is 1. The Kier molecular flexibility index (Phi) is 8.70. The lowest BCUT2D eigenvalue weighted by Gasteiger charge is -2.38. The fourth-order valence-electron chi connectivity index (χ4n) is 6.39. The molecular weight excluding hydrogens is 634 g/mol. The van der Waals surface area contributed by atoms with Gasteiger partial charge in [0, 0.05) is 61.3 Å². The van der Waals surface area contributed by atoms with Crippen molar-refractivity contribution in [3.8, 4) is 22.8 Å². The number of hydrogen-bond acceptors (Lipinski definition) is 11. The Balaban J connectivity index is 1.27. The van der Waals surface area contributed by atoms with Crippen molar-refractivity contribution < 1.29 is 32.6 Å². The molecule has 0 amide bonds. The molecule has 4 aromatic rings. The third-order valence-corrected chi connectivity index (χ3v) is 10.3. The summed E-state index contributed by atoms with van der Waals surface area (Å²) < 4.78 is 36.4. The maximum Gasteiger partial charge on any atom is 0.309 e. The van der Waals surface area contributed by atoms with Crippen LogP contribution in [0.15, 0.2) is 68.8 Å². The molecule has 2 aliphatic heterocycles. The van der Waals surface area contributed by atoms with Gasteiger partial charge in [-0.25, -0.2) is 13.4 Å². The second kappa shape index (κ2) is 12.6. The van der Waals surface area contributed by atoms with E-state index in [-0.39, 0.29) is 38.9 Å². The number of piperidine rings is 2. The molecule has 46 heavy (non-hydrogen) atoms. The van der Waals surface area contributed by atoms with Crippen molar-refractivity contribution in [3.05, 3.63) is 75.5 Å². The molecule has 13 heteroatoms. The Hall–Kier alpha value is -4.13. The Morgan fingerprint density at radius 3 is 2.50 bits per heavy atom. The van der Waals surface area contributed by atoms with Crippen LogP contribution in [0.4, 0.5) is 5.82 Å². The van der Waals surface area contributed by atoms with E-state index in [1.807, 2.05) is 16.8 Å². The number of halogens is 1. The number of nitrogens with zero attached hydrogens (tertiary/aromatic N) is 3. The van der Waals surface area contributed by atoms with Gasteiger partial charge in [-0.05, 0) is 57.1 Å². The number of carbonyl (C=O) groups excluding carboxylic acids is 1. The maximum absolute atomic E-state index is 13.6. The number of phenolic OH excluding ortho intramolecular Hbond substituents is 2. The first kappa shape index (κ1) is 31.8. The summed E-state index contributed by atoms with van der Waals surface area (Å²) in [5.74, 6) is -1.26. The highest BCUT2D eigenvalue weighted by Crippen LogP contribution is 2.44. The molecule has 2 saturated heterocycles. The van der Waals surface area contributed by atoms with Crippen LogP contribution in [0.2, 0.25) is 5.02 Å². The molecule has 242 valence electrons. The average Bonchev–Trinajstić information content (AvgIpc) is 3.01. The number of pyridine rings is 1. The van der Waals surface area contributed by atoms with Crippen molar-refractivity contribution in [2.75, 3.05) is 44.4 Å². The molecule has 2 fully saturated rings. The highest BCUT2D eigenvalue weighted by molar-refractivity contribution is 7.90. The molecule has 0 aliphatic carbocycles. The van der Waals surface area contributed by atoms with Gasteiger partial charge >= 0.3 is 5.97 Å². The van der Waals surface area contributed by atoms with Crippen molar-refractivity contribution in [1.82, 2.24) is 9.88 Å². The van der Waals surface area contributed by atoms with Crippen LogP contribution in [-0.4, -0.2) is 80.1 Å². The fraction of sp³-hybridized carbons (Fsp3) is 0.364. The highest BCUT2D eigenvalue weighted by Gasteiger charge is 2.38. The highest BCUT2D eigenvalue weighted by atomic mass is 35.5. The third-order valence-electron chi connectivity index (χ3n) is 8.84. The zero-order chi connectivity index (χ0) is 32.7. The van der Waals surface area contributed by atoms with Crippen molar-refractivity contribution in [2.24, 2.45) is 5.92 Å². The van der Waals surface area contributed by atoms with E-state index < -0.39 is 39.0 Å². The molecule has 0 saturated carbocycles. The van der Waals surface area contributed by atoms with Gasteiger partial charge in [-0.3, -0.25) is 9.59 Å². The molecule has 0 spiro atoms. The second-order valence-corrected chi connectivity index (χ2v) is 14.4. The van der Waals surface area contributed by atoms with Gasteiger partial charge < -0.3 is 29.2 Å². The molecule has 2 aliphatic rings. The summed E-state index contributed by atoms with van der Waals surface area (Å²) in [6, 6.07) is 12.3. The molecular formula is C33H34ClN3O8S. The summed E-state index contributed by atoms with van der Waals surface area (Å²) in [6.45, 7) is 2.00. The van der Waals surface area contributed by atoms with Crippen LogP contribution in [0.25, 0.3) is 22.3 Å². The van der Waals surface area contributed by atoms with Crippen LogP contribution >= 0.6 is 11.6 Å². The summed E-state index contributed by atoms with van der Waals surface area (Å²) in [5.41, 5.74) is 0.289. The predicted molar refractivity (Wildman–Crippen MR) is 173 cm³/mol. The van der Waals surface area contributed by atoms with Crippen LogP contribution in [-0.2, 0) is 19.4 Å². The van der Waals surface area contributed by atoms with Gasteiger partial charge in [0.05, 0.1) is 15.8 Å². The van der Waals surface area contributed by atoms with Crippen LogP contribution in [0.3, 0.4) is 0 Å². The molecule has 0 unspecified atom stereocenters. The number of phenols is 2. The van der Waals surface area contributed by atoms with E-state index in [0.29, 0.717) is 61.8 Å². The number of rotatable bonds is 6. The predicted octanol–water partition coefficient (Wildman–Crippen LogP) is 4.57. The lowest BCUT2D eigenvalue weighted by atomic mass is 9.85. The summed E-state index contributed by atoms with van der Waals surface area (Å²) >= 11 is 6.40. The molecule has 6 rings (SSSR count). The van der Waals surface area contributed by atoms with E-state index in [0.717, 1.165) is 12.3 Å². The summed E-state index contributed by atoms with van der Waals surface area (Å²) in [4.78, 5) is 35.4. The zero-order valence-corrected chi connectivity index (χ0v) is 26.9. The van der Waals surface area contributed by atoms with E-state index in [2.05, 4.69) is 4.98 Å². The summed E-state index contributed by atoms with van der Waals surface area (Å²) in [7, 11) is -1.47. The van der Waals surface area contributed by atoms with Gasteiger partial charge in [0.25, 0.3) is 0 Å². The zero-order valence-electron chi connectivity index (χ0n) is 25.3. The number of benzene rings is 2. The standard InChI is InChI=1S/C33H34ClN3O8S/c1-36-12-10-22(30-24(38)16-25(39)31-26(40)17-27(44-32(30)31)21-5-3-4-6-23(21)34)28(18-36)45-33(41)19-8-13-37(14-9-19)29-15-20(7-11-35-29)46(2,42)43/h3-7,11,15-17,19,22,28,38-39H,8-10,12-14,18H2,1-2H3/t22-,28+/m0/s1. The first-order valence-electron chi connectivity index (χ1n) is 15.0. The lowest BCUT2D eigenvalue weighted by Crippen LogP contribution is -2.45. The number of fused-ring (bicyclic) bond motifs is 1. The van der Waals surface area contributed by atoms with Crippen molar-refractivity contribution >= 4 is 44.2 Å². The number of ether oxygens (including phenoxy) is 1. The molecule has 2 atom stereocenters. The maximum atomic E-state index is 13.6. The van der Waals surface area contributed by atoms with Crippen LogP contribution in [0.5, 0.6) is 11.5 Å². The minimum Gasteiger partial charge on any atom is -0.507 e. The van der Waals surface area contributed by atoms with Crippen LogP contribution < -0.4 is 10.3 Å². The van der Waals surface area contributed by atoms with Crippen LogP contribution in [0, 0.1) is 5.92 Å². The van der Waals surface area contributed by atoms with Crippen molar-refractivity contribution in [2.45, 2.75) is 36.2 Å². The number of sulfone groups is 1. The number of esters is 1. The second-order valence-electron chi connectivity index (χ2n) is 12.0. The largest absolute Gasteiger partial charge is 0.507 e. The number of aromatic nitrogens is 1. The van der Waals surface area contributed by atoms with E-state index in [1.54, 1.807) is 30.3 Å². The van der Waals surface area contributed by atoms with E-state index in [1.165, 1.54) is 18.3 Å². The van der Waals surface area contributed by atoms with E-state index >= 15 is 0 Å². The smallest absolute Gasteiger partial charge is 0.309 e. The fourth-order valence-corrected chi connectivity index (χ4v) is 7.24. The SMILES string of the molecule is CN1CC[C@H](c2c(O)cc(O)c3c(=O)cc(-c4ccccc4Cl)oc23)[C@H](OC(=O)C2CCN(c3cc(S(C)(=O)=O)ccn3)CC2)C1. The quantitative estimate of drug-likeness (QED) is 0.278. The minimum atomic E-state index is -3.38. The van der Waals surface area contributed by atoms with Gasteiger partial charge in [0.2, 0.25) is 0 Å². The first-order valence-corrected chi connectivity index (χ1v) is 17.3. The third kappa shape index (κ3) is 6.29. The van der Waals surface area contributed by atoms with Gasteiger partial charge in [0.15, 0.2) is 15.3 Å². The average molecular weight is 668 g/mol. The normalized spacial score (nSPS) is 19.8. The number of anilines is 1. The number of likely N-dealkylation sites (N-methyl/N-ethyl adjacent to an activating group) is 1. The lowest BCUT2D eigenvalue weighted by molar-refractivity contribution is -0.158. The van der Waals surface area contributed by atoms with Gasteiger partial charge in [-0.2, -0.15) is 0 Å². The van der Waals surface area contributed by atoms with Crippen molar-refractivity contribution in [1.29, 1.82) is 0 Å². The number of aromatic hydroxyl groups is 2. The van der Waals surface area contributed by atoms with Gasteiger partial charge in [-0.15, -0.1) is 0 Å². The topological polar surface area (TPSA) is 150 Å². The molecule has 4 heterocycles. The summed E-state index contributed by atoms with van der Waals surface area (Å²) in [6.07, 6.45) is 3.40. The Bertz CT molecular complexity index is 1970. The molecule has 0 radical (unpaired) electrons. The molecule has 2 aromatic carbocycles. The number of hydrogen-bond donors (Lipinski definition) is 2. The summed E-state index contributed by atoms with van der Waals surface area (Å²) in [5, 5.41) is 22.1. The van der Waals surface area contributed by atoms with Gasteiger partial charge in [-0.1, -0.05) is 23.7 Å².